The smallest absolute Gasteiger partial charge is 0.173 e. The zero-order valence-corrected chi connectivity index (χ0v) is 15.3. The highest BCUT2D eigenvalue weighted by Crippen LogP contribution is 2.20. The molecular weight excluding hydrogens is 290 g/mol. The molecule has 0 radical (unpaired) electrons. The summed E-state index contributed by atoms with van der Waals surface area (Å²) in [6, 6.07) is 7.73. The first-order valence-corrected chi connectivity index (χ1v) is 8.64. The maximum absolute atomic E-state index is 5.62. The number of hydrogen-bond acceptors (Lipinski definition) is 2. The fraction of sp³-hybridized carbons (Fsp3) is 0.611. The fourth-order valence-electron chi connectivity index (χ4n) is 2.96. The molecule has 0 bridgehead atoms. The Labute approximate surface area is 140 Å². The van der Waals surface area contributed by atoms with Crippen LogP contribution in [-0.4, -0.2) is 47.1 Å². The van der Waals surface area contributed by atoms with Crippen molar-refractivity contribution in [1.82, 2.24) is 9.80 Å². The lowest BCUT2D eigenvalue weighted by Gasteiger charge is -2.39. The molecule has 0 amide bonds. The van der Waals surface area contributed by atoms with Gasteiger partial charge in [-0.25, -0.2) is 0 Å². The van der Waals surface area contributed by atoms with E-state index in [2.05, 4.69) is 68.1 Å². The number of nitrogens with one attached hydrogen (secondary N) is 1. The van der Waals surface area contributed by atoms with Gasteiger partial charge in [-0.15, -0.1) is 0 Å². The van der Waals surface area contributed by atoms with Crippen molar-refractivity contribution in [3.8, 4) is 0 Å². The van der Waals surface area contributed by atoms with Crippen molar-refractivity contribution in [3.63, 3.8) is 0 Å². The van der Waals surface area contributed by atoms with Crippen LogP contribution >= 0.6 is 12.2 Å². The molecular formula is C18H29N3S. The fourth-order valence-corrected chi connectivity index (χ4v) is 3.26. The minimum absolute atomic E-state index is 0.608. The Kier molecular flexibility index (Phi) is 5.81. The van der Waals surface area contributed by atoms with E-state index >= 15 is 0 Å². The van der Waals surface area contributed by atoms with Gasteiger partial charge in [0.25, 0.3) is 0 Å². The number of rotatable bonds is 3. The third-order valence-electron chi connectivity index (χ3n) is 4.78. The molecule has 1 aromatic carbocycles. The molecule has 4 heteroatoms. The first-order chi connectivity index (χ1) is 10.4. The largest absolute Gasteiger partial charge is 0.349 e. The summed E-state index contributed by atoms with van der Waals surface area (Å²) in [4.78, 5) is 4.79. The molecule has 3 nitrogen and oxygen atoms in total. The maximum Gasteiger partial charge on any atom is 0.173 e. The Balaban J connectivity index is 1.91. The van der Waals surface area contributed by atoms with Crippen molar-refractivity contribution in [2.75, 3.05) is 25.5 Å². The SMILES string of the molecule is Cc1ccc(C)c(NC(=S)N2CCC(N(C)C(C)C)CC2)c1. The van der Waals surface area contributed by atoms with Gasteiger partial charge >= 0.3 is 0 Å². The van der Waals surface area contributed by atoms with Crippen molar-refractivity contribution < 1.29 is 0 Å². The molecule has 0 aromatic heterocycles. The van der Waals surface area contributed by atoms with E-state index in [9.17, 15) is 0 Å². The molecule has 2 rings (SSSR count). The Hall–Kier alpha value is -1.13. The van der Waals surface area contributed by atoms with E-state index in [1.54, 1.807) is 0 Å². The summed E-state index contributed by atoms with van der Waals surface area (Å²) in [5, 5.41) is 4.29. The van der Waals surface area contributed by atoms with E-state index < -0.39 is 0 Å². The highest BCUT2D eigenvalue weighted by atomic mass is 32.1. The minimum Gasteiger partial charge on any atom is -0.349 e. The number of hydrogen-bond donors (Lipinski definition) is 1. The minimum atomic E-state index is 0.608. The second-order valence-corrected chi connectivity index (χ2v) is 7.11. The summed E-state index contributed by atoms with van der Waals surface area (Å²) in [6.45, 7) is 10.8. The molecule has 1 fully saturated rings. The van der Waals surface area contributed by atoms with E-state index in [0.29, 0.717) is 12.1 Å². The van der Waals surface area contributed by atoms with Gasteiger partial charge in [-0.05, 0) is 77.0 Å². The monoisotopic (exact) mass is 319 g/mol. The highest BCUT2D eigenvalue weighted by molar-refractivity contribution is 7.80. The third-order valence-corrected chi connectivity index (χ3v) is 5.14. The number of thiocarbonyl (C=S) groups is 1. The van der Waals surface area contributed by atoms with Crippen LogP contribution in [0.2, 0.25) is 0 Å². The van der Waals surface area contributed by atoms with E-state index in [1.807, 2.05) is 0 Å². The summed E-state index contributed by atoms with van der Waals surface area (Å²) < 4.78 is 0. The van der Waals surface area contributed by atoms with Crippen molar-refractivity contribution in [2.24, 2.45) is 0 Å². The van der Waals surface area contributed by atoms with Crippen LogP contribution in [-0.2, 0) is 0 Å². The molecule has 1 aliphatic heterocycles. The average Bonchev–Trinajstić information content (AvgIpc) is 2.50. The zero-order chi connectivity index (χ0) is 16.3. The number of likely N-dealkylation sites (tertiary alicyclic amines) is 1. The summed E-state index contributed by atoms with van der Waals surface area (Å²) in [6.07, 6.45) is 2.37. The second-order valence-electron chi connectivity index (χ2n) is 6.73. The molecule has 0 atom stereocenters. The van der Waals surface area contributed by atoms with Crippen LogP contribution in [0.1, 0.15) is 37.8 Å². The number of benzene rings is 1. The van der Waals surface area contributed by atoms with Gasteiger partial charge in [0.15, 0.2) is 5.11 Å². The van der Waals surface area contributed by atoms with E-state index in [4.69, 9.17) is 12.2 Å². The van der Waals surface area contributed by atoms with Gasteiger partial charge in [0.05, 0.1) is 0 Å². The Bertz CT molecular complexity index is 519. The van der Waals surface area contributed by atoms with E-state index in [-0.39, 0.29) is 0 Å². The number of nitrogens with zero attached hydrogens (tertiary/aromatic N) is 2. The van der Waals surface area contributed by atoms with Gasteiger partial charge in [0.1, 0.15) is 0 Å². The van der Waals surface area contributed by atoms with Gasteiger partial charge < -0.3 is 15.1 Å². The zero-order valence-electron chi connectivity index (χ0n) is 14.5. The third kappa shape index (κ3) is 4.20. The molecule has 0 unspecified atom stereocenters. The predicted octanol–water partition coefficient (Wildman–Crippen LogP) is 3.80. The molecule has 0 spiro atoms. The van der Waals surface area contributed by atoms with Crippen LogP contribution in [0.25, 0.3) is 0 Å². The van der Waals surface area contributed by atoms with Crippen LogP contribution in [0, 0.1) is 13.8 Å². The van der Waals surface area contributed by atoms with E-state index in [1.165, 1.54) is 24.0 Å². The Morgan fingerprint density at radius 3 is 2.50 bits per heavy atom. The summed E-state index contributed by atoms with van der Waals surface area (Å²) in [5.41, 5.74) is 3.63. The molecule has 0 aliphatic carbocycles. The van der Waals surface area contributed by atoms with Gasteiger partial charge in [-0.1, -0.05) is 12.1 Å². The van der Waals surface area contributed by atoms with Crippen LogP contribution in [0.5, 0.6) is 0 Å². The molecule has 0 saturated carbocycles. The molecule has 122 valence electrons. The Morgan fingerprint density at radius 1 is 1.27 bits per heavy atom. The first-order valence-electron chi connectivity index (χ1n) is 8.23. The lowest BCUT2D eigenvalue weighted by Crippen LogP contribution is -2.48. The molecule has 1 heterocycles. The second kappa shape index (κ2) is 7.42. The van der Waals surface area contributed by atoms with Crippen molar-refractivity contribution >= 4 is 23.0 Å². The predicted molar refractivity (Wildman–Crippen MR) is 99.6 cm³/mol. The van der Waals surface area contributed by atoms with Crippen LogP contribution in [0.15, 0.2) is 18.2 Å². The van der Waals surface area contributed by atoms with Gasteiger partial charge in [0.2, 0.25) is 0 Å². The number of anilines is 1. The van der Waals surface area contributed by atoms with Gasteiger partial charge in [0, 0.05) is 30.9 Å². The number of piperidine rings is 1. The lowest BCUT2D eigenvalue weighted by molar-refractivity contribution is 0.136. The summed E-state index contributed by atoms with van der Waals surface area (Å²) >= 11 is 5.62. The summed E-state index contributed by atoms with van der Waals surface area (Å²) in [5.74, 6) is 0. The quantitative estimate of drug-likeness (QED) is 0.854. The standard InChI is InChI=1S/C18H29N3S/c1-13(2)20(5)16-8-10-21(11-9-16)18(22)19-17-12-14(3)6-7-15(17)4/h6-7,12-13,16H,8-11H2,1-5H3,(H,19,22). The summed E-state index contributed by atoms with van der Waals surface area (Å²) in [7, 11) is 2.23. The van der Waals surface area contributed by atoms with Crippen LogP contribution in [0.4, 0.5) is 5.69 Å². The number of aryl methyl sites for hydroxylation is 2. The highest BCUT2D eigenvalue weighted by Gasteiger charge is 2.24. The van der Waals surface area contributed by atoms with E-state index in [0.717, 1.165) is 23.9 Å². The molecule has 1 aromatic rings. The Morgan fingerprint density at radius 2 is 1.91 bits per heavy atom. The normalized spacial score (nSPS) is 16.4. The van der Waals surface area contributed by atoms with Crippen molar-refractivity contribution in [2.45, 2.75) is 52.6 Å². The topological polar surface area (TPSA) is 18.5 Å². The van der Waals surface area contributed by atoms with Gasteiger partial charge in [-0.2, -0.15) is 0 Å². The molecule has 1 N–H and O–H groups in total. The maximum atomic E-state index is 5.62. The van der Waals surface area contributed by atoms with Crippen LogP contribution < -0.4 is 5.32 Å². The first kappa shape index (κ1) is 17.2. The van der Waals surface area contributed by atoms with Crippen molar-refractivity contribution in [3.05, 3.63) is 29.3 Å². The lowest BCUT2D eigenvalue weighted by atomic mass is 10.0. The van der Waals surface area contributed by atoms with Crippen LogP contribution in [0.3, 0.4) is 0 Å². The molecule has 1 aliphatic rings. The average molecular weight is 320 g/mol. The molecule has 22 heavy (non-hydrogen) atoms. The van der Waals surface area contributed by atoms with Crippen molar-refractivity contribution in [1.29, 1.82) is 0 Å². The van der Waals surface area contributed by atoms with Gasteiger partial charge in [-0.3, -0.25) is 0 Å². The molecule has 1 saturated heterocycles.